The molecule has 0 saturated heterocycles. The van der Waals surface area contributed by atoms with E-state index >= 15 is 0 Å². The van der Waals surface area contributed by atoms with Crippen molar-refractivity contribution in [1.82, 2.24) is 5.32 Å². The summed E-state index contributed by atoms with van der Waals surface area (Å²) in [4.78, 5) is 34.1. The number of rotatable bonds is 5. The number of halogens is 1. The van der Waals surface area contributed by atoms with Gasteiger partial charge in [-0.1, -0.05) is 0 Å². The van der Waals surface area contributed by atoms with E-state index < -0.39 is 23.4 Å². The molecule has 8 heteroatoms. The second-order valence-electron chi connectivity index (χ2n) is 6.39. The van der Waals surface area contributed by atoms with Crippen molar-refractivity contribution >= 4 is 29.3 Å². The van der Waals surface area contributed by atoms with E-state index in [0.717, 1.165) is 0 Å². The van der Waals surface area contributed by atoms with Gasteiger partial charge < -0.3 is 21.1 Å². The predicted molar refractivity (Wildman–Crippen MR) is 86.5 cm³/mol. The zero-order chi connectivity index (χ0) is 17.9. The summed E-state index contributed by atoms with van der Waals surface area (Å²) in [6.07, 6.45) is 0.898. The Morgan fingerprint density at radius 3 is 2.71 bits per heavy atom. The Morgan fingerprint density at radius 1 is 1.33 bits per heavy atom. The Kier molecular flexibility index (Phi) is 5.06. The summed E-state index contributed by atoms with van der Waals surface area (Å²) in [5.41, 5.74) is 0.344. The SMILES string of the molecule is CC(C)(CCC(=O)O)NC(=O)Nc1cc2c(cc1F)CCC(=O)N2. The number of urea groups is 1. The number of nitrogens with one attached hydrogen (secondary N) is 3. The number of hydrogen-bond acceptors (Lipinski definition) is 3. The molecule has 0 bridgehead atoms. The van der Waals surface area contributed by atoms with Crippen molar-refractivity contribution in [2.45, 2.75) is 45.1 Å². The Bertz CT molecular complexity index is 688. The van der Waals surface area contributed by atoms with Crippen LogP contribution in [0.1, 0.15) is 38.7 Å². The molecule has 4 N–H and O–H groups in total. The number of aryl methyl sites for hydroxylation is 1. The van der Waals surface area contributed by atoms with Crippen molar-refractivity contribution in [3.05, 3.63) is 23.5 Å². The van der Waals surface area contributed by atoms with Gasteiger partial charge in [-0.2, -0.15) is 0 Å². The first-order valence-corrected chi connectivity index (χ1v) is 7.59. The first kappa shape index (κ1) is 17.7. The minimum absolute atomic E-state index is 0.0533. The van der Waals surface area contributed by atoms with Crippen molar-refractivity contribution < 1.29 is 23.9 Å². The van der Waals surface area contributed by atoms with Crippen LogP contribution in [0.15, 0.2) is 12.1 Å². The fourth-order valence-electron chi connectivity index (χ4n) is 2.44. The van der Waals surface area contributed by atoms with Crippen LogP contribution in [0.5, 0.6) is 0 Å². The number of carboxylic acid groups (broad SMARTS) is 1. The molecule has 0 aliphatic carbocycles. The summed E-state index contributed by atoms with van der Waals surface area (Å²) < 4.78 is 14.1. The lowest BCUT2D eigenvalue weighted by atomic mass is 9.99. The molecule has 0 radical (unpaired) electrons. The van der Waals surface area contributed by atoms with Crippen LogP contribution in [0.2, 0.25) is 0 Å². The number of benzene rings is 1. The molecule has 1 aliphatic heterocycles. The summed E-state index contributed by atoms with van der Waals surface area (Å²) in [7, 11) is 0. The van der Waals surface area contributed by atoms with E-state index in [-0.39, 0.29) is 24.4 Å². The van der Waals surface area contributed by atoms with Gasteiger partial charge in [0.15, 0.2) is 0 Å². The predicted octanol–water partition coefficient (Wildman–Crippen LogP) is 2.48. The van der Waals surface area contributed by atoms with Gasteiger partial charge in [-0.15, -0.1) is 0 Å². The zero-order valence-electron chi connectivity index (χ0n) is 13.5. The fourth-order valence-corrected chi connectivity index (χ4v) is 2.44. The van der Waals surface area contributed by atoms with Crippen molar-refractivity contribution in [3.8, 4) is 0 Å². The van der Waals surface area contributed by atoms with E-state index in [1.54, 1.807) is 13.8 Å². The molecular weight excluding hydrogens is 317 g/mol. The zero-order valence-corrected chi connectivity index (χ0v) is 13.5. The van der Waals surface area contributed by atoms with Crippen LogP contribution in [0.25, 0.3) is 0 Å². The third kappa shape index (κ3) is 4.68. The van der Waals surface area contributed by atoms with E-state index in [1.165, 1.54) is 12.1 Å². The van der Waals surface area contributed by atoms with Gasteiger partial charge in [0.05, 0.1) is 5.69 Å². The van der Waals surface area contributed by atoms with Crippen molar-refractivity contribution in [1.29, 1.82) is 0 Å². The smallest absolute Gasteiger partial charge is 0.319 e. The highest BCUT2D eigenvalue weighted by molar-refractivity contribution is 5.96. The van der Waals surface area contributed by atoms with E-state index in [9.17, 15) is 18.8 Å². The fraction of sp³-hybridized carbons (Fsp3) is 0.438. The number of aliphatic carboxylic acids is 1. The Labute approximate surface area is 138 Å². The monoisotopic (exact) mass is 337 g/mol. The third-order valence-electron chi connectivity index (χ3n) is 3.75. The second kappa shape index (κ2) is 6.86. The Balaban J connectivity index is 2.05. The van der Waals surface area contributed by atoms with Gasteiger partial charge in [-0.25, -0.2) is 9.18 Å². The largest absolute Gasteiger partial charge is 0.481 e. The molecule has 0 unspecified atom stereocenters. The third-order valence-corrected chi connectivity index (χ3v) is 3.75. The maximum atomic E-state index is 14.1. The molecular formula is C16H20FN3O4. The molecule has 1 aromatic carbocycles. The molecule has 1 aliphatic rings. The molecule has 2 rings (SSSR count). The number of carboxylic acids is 1. The van der Waals surface area contributed by atoms with Crippen molar-refractivity contribution in [2.24, 2.45) is 0 Å². The molecule has 0 spiro atoms. The summed E-state index contributed by atoms with van der Waals surface area (Å²) >= 11 is 0. The molecule has 24 heavy (non-hydrogen) atoms. The van der Waals surface area contributed by atoms with Gasteiger partial charge >= 0.3 is 12.0 Å². The van der Waals surface area contributed by atoms with E-state index in [4.69, 9.17) is 5.11 Å². The lowest BCUT2D eigenvalue weighted by molar-refractivity contribution is -0.137. The van der Waals surface area contributed by atoms with E-state index in [2.05, 4.69) is 16.0 Å². The second-order valence-corrected chi connectivity index (χ2v) is 6.39. The van der Waals surface area contributed by atoms with Gasteiger partial charge in [-0.05, 0) is 44.4 Å². The molecule has 1 aromatic rings. The number of carbonyl (C=O) groups is 3. The molecule has 0 atom stereocenters. The van der Waals surface area contributed by atoms with Gasteiger partial charge in [0.1, 0.15) is 5.82 Å². The van der Waals surface area contributed by atoms with E-state index in [0.29, 0.717) is 24.1 Å². The van der Waals surface area contributed by atoms with Crippen LogP contribution in [0.3, 0.4) is 0 Å². The molecule has 3 amide bonds. The molecule has 0 saturated carbocycles. The van der Waals surface area contributed by atoms with Crippen LogP contribution in [0, 0.1) is 5.82 Å². The van der Waals surface area contributed by atoms with Crippen molar-refractivity contribution in [3.63, 3.8) is 0 Å². The highest BCUT2D eigenvalue weighted by atomic mass is 19.1. The quantitative estimate of drug-likeness (QED) is 0.662. The first-order chi connectivity index (χ1) is 11.2. The topological polar surface area (TPSA) is 108 Å². The number of carbonyl (C=O) groups excluding carboxylic acids is 2. The molecule has 7 nitrogen and oxygen atoms in total. The van der Waals surface area contributed by atoms with Gasteiger partial charge in [0, 0.05) is 24.1 Å². The van der Waals surface area contributed by atoms with Crippen LogP contribution in [-0.4, -0.2) is 28.6 Å². The van der Waals surface area contributed by atoms with Gasteiger partial charge in [-0.3, -0.25) is 9.59 Å². The molecule has 130 valence electrons. The minimum Gasteiger partial charge on any atom is -0.481 e. The average molecular weight is 337 g/mol. The normalized spacial score (nSPS) is 13.7. The lowest BCUT2D eigenvalue weighted by Gasteiger charge is -2.26. The number of amides is 3. The van der Waals surface area contributed by atoms with Gasteiger partial charge in [0.2, 0.25) is 5.91 Å². The Morgan fingerprint density at radius 2 is 2.04 bits per heavy atom. The summed E-state index contributed by atoms with van der Waals surface area (Å²) in [5, 5.41) is 16.3. The Hall–Kier alpha value is -2.64. The molecule has 0 aromatic heterocycles. The standard InChI is InChI=1S/C16H20FN3O4/c1-16(2,6-5-14(22)23)20-15(24)19-12-8-11-9(7-10(12)17)3-4-13(21)18-11/h7-8H,3-6H2,1-2H3,(H,18,21)(H,22,23)(H2,19,20,24). The first-order valence-electron chi connectivity index (χ1n) is 7.59. The van der Waals surface area contributed by atoms with Crippen LogP contribution in [-0.2, 0) is 16.0 Å². The molecule has 0 fully saturated rings. The summed E-state index contributed by atoms with van der Waals surface area (Å²) in [6, 6.07) is 2.03. The summed E-state index contributed by atoms with van der Waals surface area (Å²) in [5.74, 6) is -1.70. The van der Waals surface area contributed by atoms with Gasteiger partial charge in [0.25, 0.3) is 0 Å². The minimum atomic E-state index is -0.957. The maximum Gasteiger partial charge on any atom is 0.319 e. The number of hydrogen-bond donors (Lipinski definition) is 4. The highest BCUT2D eigenvalue weighted by Crippen LogP contribution is 2.28. The highest BCUT2D eigenvalue weighted by Gasteiger charge is 2.23. The number of fused-ring (bicyclic) bond motifs is 1. The van der Waals surface area contributed by atoms with Crippen LogP contribution >= 0.6 is 0 Å². The van der Waals surface area contributed by atoms with Crippen LogP contribution < -0.4 is 16.0 Å². The summed E-state index contributed by atoms with van der Waals surface area (Å²) in [6.45, 7) is 3.36. The molecule has 1 heterocycles. The van der Waals surface area contributed by atoms with Crippen LogP contribution in [0.4, 0.5) is 20.6 Å². The number of anilines is 2. The van der Waals surface area contributed by atoms with Crippen molar-refractivity contribution in [2.75, 3.05) is 10.6 Å². The average Bonchev–Trinajstić information content (AvgIpc) is 2.46. The maximum absolute atomic E-state index is 14.1. The lowest BCUT2D eigenvalue weighted by Crippen LogP contribution is -2.45. The van der Waals surface area contributed by atoms with E-state index in [1.807, 2.05) is 0 Å².